The van der Waals surface area contributed by atoms with E-state index >= 15 is 0 Å². The van der Waals surface area contributed by atoms with Crippen LogP contribution in [0.3, 0.4) is 0 Å². The third kappa shape index (κ3) is 2.30. The van der Waals surface area contributed by atoms with Gasteiger partial charge in [-0.1, -0.05) is 32.0 Å². The van der Waals surface area contributed by atoms with Gasteiger partial charge in [0.05, 0.1) is 6.04 Å². The van der Waals surface area contributed by atoms with Gasteiger partial charge in [-0.3, -0.25) is 10.1 Å². The lowest BCUT2D eigenvalue weighted by molar-refractivity contribution is -0.140. The molecule has 0 saturated heterocycles. The van der Waals surface area contributed by atoms with Gasteiger partial charge in [0.15, 0.2) is 0 Å². The third-order valence-corrected chi connectivity index (χ3v) is 3.91. The monoisotopic (exact) mass is 294 g/mol. The second-order valence-corrected chi connectivity index (χ2v) is 5.55. The van der Waals surface area contributed by atoms with Gasteiger partial charge >= 0.3 is 5.97 Å². The van der Waals surface area contributed by atoms with Crippen LogP contribution in [-0.4, -0.2) is 22.1 Å². The number of aromatic nitrogens is 1. The lowest BCUT2D eigenvalue weighted by Gasteiger charge is -2.31. The minimum Gasteiger partial charge on any atom is -0.480 e. The fourth-order valence-electron chi connectivity index (χ4n) is 2.95. The number of nitrogens with one attached hydrogen (secondary N) is 2. The molecule has 108 valence electrons. The Kier molecular flexibility index (Phi) is 4.06. The first-order valence-electron chi connectivity index (χ1n) is 6.66. The molecule has 3 N–H and O–H groups in total. The molecule has 3 rings (SSSR count). The maximum Gasteiger partial charge on any atom is 0.321 e. The van der Waals surface area contributed by atoms with E-state index in [1.54, 1.807) is 0 Å². The van der Waals surface area contributed by atoms with Crippen molar-refractivity contribution in [2.75, 3.05) is 0 Å². The maximum atomic E-state index is 11.3. The summed E-state index contributed by atoms with van der Waals surface area (Å²) in [5, 5.41) is 13.7. The largest absolute Gasteiger partial charge is 0.480 e. The van der Waals surface area contributed by atoms with E-state index < -0.39 is 12.0 Å². The highest BCUT2D eigenvalue weighted by atomic mass is 35.5. The Morgan fingerprint density at radius 3 is 2.70 bits per heavy atom. The van der Waals surface area contributed by atoms with Crippen LogP contribution in [0.1, 0.15) is 31.1 Å². The predicted molar refractivity (Wildman–Crippen MR) is 81.4 cm³/mol. The van der Waals surface area contributed by atoms with Crippen LogP contribution in [0.4, 0.5) is 0 Å². The van der Waals surface area contributed by atoms with Crippen molar-refractivity contribution < 1.29 is 9.90 Å². The highest BCUT2D eigenvalue weighted by Gasteiger charge is 2.34. The molecule has 0 aliphatic carbocycles. The molecule has 0 radical (unpaired) electrons. The van der Waals surface area contributed by atoms with Crippen LogP contribution in [0.25, 0.3) is 10.9 Å². The number of hydrogen-bond acceptors (Lipinski definition) is 2. The number of H-pyrrole nitrogens is 1. The van der Waals surface area contributed by atoms with E-state index in [-0.39, 0.29) is 18.4 Å². The van der Waals surface area contributed by atoms with Crippen molar-refractivity contribution in [3.05, 3.63) is 35.5 Å². The summed E-state index contributed by atoms with van der Waals surface area (Å²) < 4.78 is 0. The summed E-state index contributed by atoms with van der Waals surface area (Å²) in [6.07, 6.45) is 0.540. The summed E-state index contributed by atoms with van der Waals surface area (Å²) in [4.78, 5) is 14.8. The van der Waals surface area contributed by atoms with Crippen LogP contribution in [0.5, 0.6) is 0 Å². The molecule has 5 heteroatoms. The second kappa shape index (κ2) is 5.46. The summed E-state index contributed by atoms with van der Waals surface area (Å²) in [6, 6.07) is 7.67. The molecule has 2 atom stereocenters. The molecule has 2 heterocycles. The molecule has 2 aromatic rings. The van der Waals surface area contributed by atoms with E-state index in [0.29, 0.717) is 12.3 Å². The van der Waals surface area contributed by atoms with E-state index in [1.807, 2.05) is 18.2 Å². The summed E-state index contributed by atoms with van der Waals surface area (Å²) in [5.74, 6) is -0.435. The molecule has 0 bridgehead atoms. The Hall–Kier alpha value is -1.52. The Labute approximate surface area is 124 Å². The Balaban J connectivity index is 0.00000147. The molecule has 1 aromatic carbocycles. The van der Waals surface area contributed by atoms with E-state index in [9.17, 15) is 9.90 Å². The van der Waals surface area contributed by atoms with E-state index in [0.717, 1.165) is 22.2 Å². The van der Waals surface area contributed by atoms with Crippen molar-refractivity contribution in [1.82, 2.24) is 10.3 Å². The van der Waals surface area contributed by atoms with E-state index in [4.69, 9.17) is 0 Å². The van der Waals surface area contributed by atoms with Gasteiger partial charge in [-0.05, 0) is 17.5 Å². The Bertz CT molecular complexity index is 636. The number of fused-ring (bicyclic) bond motifs is 3. The quantitative estimate of drug-likeness (QED) is 0.798. The van der Waals surface area contributed by atoms with Crippen molar-refractivity contribution in [3.8, 4) is 0 Å². The molecular formula is C15H19ClN2O2. The SMILES string of the molecule is CC(C)C1NC(C(=O)O)Cc2c1[nH]c1ccccc21.Cl. The Morgan fingerprint density at radius 2 is 2.05 bits per heavy atom. The number of carboxylic acid groups (broad SMARTS) is 1. The fraction of sp³-hybridized carbons (Fsp3) is 0.400. The van der Waals surface area contributed by atoms with Crippen molar-refractivity contribution in [1.29, 1.82) is 0 Å². The lowest BCUT2D eigenvalue weighted by Crippen LogP contribution is -2.46. The van der Waals surface area contributed by atoms with Crippen LogP contribution >= 0.6 is 12.4 Å². The van der Waals surface area contributed by atoms with Crippen LogP contribution < -0.4 is 5.32 Å². The third-order valence-electron chi connectivity index (χ3n) is 3.91. The number of rotatable bonds is 2. The molecule has 20 heavy (non-hydrogen) atoms. The molecule has 4 nitrogen and oxygen atoms in total. The lowest BCUT2D eigenvalue weighted by atomic mass is 9.89. The van der Waals surface area contributed by atoms with E-state index in [2.05, 4.69) is 30.2 Å². The molecule has 2 unspecified atom stereocenters. The zero-order chi connectivity index (χ0) is 13.6. The highest BCUT2D eigenvalue weighted by molar-refractivity contribution is 5.86. The van der Waals surface area contributed by atoms with Crippen LogP contribution in [0, 0.1) is 5.92 Å². The normalized spacial score (nSPS) is 21.6. The van der Waals surface area contributed by atoms with Crippen molar-refractivity contribution in [3.63, 3.8) is 0 Å². The molecular weight excluding hydrogens is 276 g/mol. The molecule has 0 amide bonds. The van der Waals surface area contributed by atoms with Gasteiger partial charge in [-0.15, -0.1) is 12.4 Å². The summed E-state index contributed by atoms with van der Waals surface area (Å²) in [7, 11) is 0. The number of aliphatic carboxylic acids is 1. The first-order chi connectivity index (χ1) is 9.08. The zero-order valence-electron chi connectivity index (χ0n) is 11.5. The standard InChI is InChI=1S/C15H18N2O2.ClH/c1-8(2)13-14-10(7-12(17-13)15(18)19)9-5-3-4-6-11(9)16-14;/h3-6,8,12-13,16-17H,7H2,1-2H3,(H,18,19);1H. The van der Waals surface area contributed by atoms with Gasteiger partial charge in [0, 0.05) is 23.0 Å². The van der Waals surface area contributed by atoms with Crippen molar-refractivity contribution >= 4 is 29.3 Å². The first-order valence-corrected chi connectivity index (χ1v) is 6.66. The molecule has 1 aromatic heterocycles. The first kappa shape index (κ1) is 14.9. The average molecular weight is 295 g/mol. The van der Waals surface area contributed by atoms with Gasteiger partial charge < -0.3 is 10.1 Å². The van der Waals surface area contributed by atoms with Crippen molar-refractivity contribution in [2.45, 2.75) is 32.4 Å². The predicted octanol–water partition coefficient (Wildman–Crippen LogP) is 2.89. The van der Waals surface area contributed by atoms with Crippen LogP contribution in [0.2, 0.25) is 0 Å². The smallest absolute Gasteiger partial charge is 0.321 e. The summed E-state index contributed by atoms with van der Waals surface area (Å²) in [6.45, 7) is 4.22. The molecule has 0 saturated carbocycles. The number of aromatic amines is 1. The highest BCUT2D eigenvalue weighted by Crippen LogP contribution is 2.34. The van der Waals surface area contributed by atoms with Gasteiger partial charge in [0.25, 0.3) is 0 Å². The van der Waals surface area contributed by atoms with E-state index in [1.165, 1.54) is 0 Å². The second-order valence-electron chi connectivity index (χ2n) is 5.55. The molecule has 0 spiro atoms. The maximum absolute atomic E-state index is 11.3. The van der Waals surface area contributed by atoms with Crippen molar-refractivity contribution in [2.24, 2.45) is 5.92 Å². The van der Waals surface area contributed by atoms with Gasteiger partial charge in [0.2, 0.25) is 0 Å². The van der Waals surface area contributed by atoms with Crippen LogP contribution in [-0.2, 0) is 11.2 Å². The number of para-hydroxylation sites is 1. The minimum atomic E-state index is -0.776. The number of halogens is 1. The molecule has 1 aliphatic heterocycles. The summed E-state index contributed by atoms with van der Waals surface area (Å²) >= 11 is 0. The number of carboxylic acids is 1. The summed E-state index contributed by atoms with van der Waals surface area (Å²) in [5.41, 5.74) is 3.39. The minimum absolute atomic E-state index is 0. The molecule has 0 fully saturated rings. The number of hydrogen-bond donors (Lipinski definition) is 3. The molecule has 1 aliphatic rings. The van der Waals surface area contributed by atoms with Gasteiger partial charge in [-0.2, -0.15) is 0 Å². The van der Waals surface area contributed by atoms with Crippen LogP contribution in [0.15, 0.2) is 24.3 Å². The number of benzene rings is 1. The fourth-order valence-corrected chi connectivity index (χ4v) is 2.95. The number of carbonyl (C=O) groups is 1. The van der Waals surface area contributed by atoms with Gasteiger partial charge in [0.1, 0.15) is 6.04 Å². The zero-order valence-corrected chi connectivity index (χ0v) is 12.3. The topological polar surface area (TPSA) is 65.1 Å². The van der Waals surface area contributed by atoms with Gasteiger partial charge in [-0.25, -0.2) is 0 Å². The Morgan fingerprint density at radius 1 is 1.35 bits per heavy atom. The average Bonchev–Trinajstić information content (AvgIpc) is 2.75.